The van der Waals surface area contributed by atoms with Crippen molar-refractivity contribution in [1.82, 2.24) is 29.9 Å². The van der Waals surface area contributed by atoms with Crippen LogP contribution in [0.15, 0.2) is 30.7 Å². The lowest BCUT2D eigenvalue weighted by atomic mass is 10.2. The van der Waals surface area contributed by atoms with Crippen LogP contribution in [0, 0.1) is 0 Å². The molecule has 0 amide bonds. The maximum Gasteiger partial charge on any atom is 0.178 e. The van der Waals surface area contributed by atoms with E-state index in [9.17, 15) is 0 Å². The van der Waals surface area contributed by atoms with Gasteiger partial charge in [0.2, 0.25) is 0 Å². The first-order valence-corrected chi connectivity index (χ1v) is 5.77. The lowest BCUT2D eigenvalue weighted by Gasteiger charge is -2.11. The van der Waals surface area contributed by atoms with Crippen molar-refractivity contribution in [3.05, 3.63) is 41.6 Å². The maximum absolute atomic E-state index is 5.86. The average molecular weight is 261 g/mol. The van der Waals surface area contributed by atoms with E-state index < -0.39 is 0 Å². The van der Waals surface area contributed by atoms with Gasteiger partial charge in [-0.25, -0.2) is 14.6 Å². The highest BCUT2D eigenvalue weighted by Gasteiger charge is 2.15. The second-order valence-electron chi connectivity index (χ2n) is 3.82. The molecule has 3 aromatic heterocycles. The molecule has 90 valence electrons. The number of halogens is 1. The largest absolute Gasteiger partial charge is 0.248 e. The summed E-state index contributed by atoms with van der Waals surface area (Å²) in [5.41, 5.74) is 2.15. The van der Waals surface area contributed by atoms with Crippen LogP contribution in [0.1, 0.15) is 18.7 Å². The fourth-order valence-electron chi connectivity index (χ4n) is 1.74. The van der Waals surface area contributed by atoms with Crippen LogP contribution in [0.2, 0.25) is 5.15 Å². The summed E-state index contributed by atoms with van der Waals surface area (Å²) in [7, 11) is 0. The van der Waals surface area contributed by atoms with E-state index in [0.29, 0.717) is 16.3 Å². The van der Waals surface area contributed by atoms with E-state index in [2.05, 4.69) is 25.3 Å². The summed E-state index contributed by atoms with van der Waals surface area (Å²) in [6.07, 6.45) is 4.79. The molecule has 0 fully saturated rings. The monoisotopic (exact) mass is 260 g/mol. The van der Waals surface area contributed by atoms with Gasteiger partial charge >= 0.3 is 0 Å². The van der Waals surface area contributed by atoms with Crippen LogP contribution in [-0.4, -0.2) is 29.9 Å². The topological polar surface area (TPSA) is 69.4 Å². The highest BCUT2D eigenvalue weighted by atomic mass is 35.5. The molecule has 18 heavy (non-hydrogen) atoms. The van der Waals surface area contributed by atoms with Crippen molar-refractivity contribution in [3.8, 4) is 0 Å². The minimum Gasteiger partial charge on any atom is -0.248 e. The van der Waals surface area contributed by atoms with E-state index in [1.807, 2.05) is 19.1 Å². The van der Waals surface area contributed by atoms with Gasteiger partial charge in [0.05, 0.1) is 24.1 Å². The maximum atomic E-state index is 5.86. The van der Waals surface area contributed by atoms with Gasteiger partial charge in [-0.3, -0.25) is 0 Å². The molecule has 3 aromatic rings. The number of aromatic nitrogens is 6. The Bertz CT molecular complexity index is 680. The van der Waals surface area contributed by atoms with Crippen molar-refractivity contribution in [2.45, 2.75) is 13.0 Å². The van der Waals surface area contributed by atoms with E-state index in [-0.39, 0.29) is 6.04 Å². The van der Waals surface area contributed by atoms with Gasteiger partial charge in [0.25, 0.3) is 0 Å². The van der Waals surface area contributed by atoms with Gasteiger partial charge in [-0.15, -0.1) is 0 Å². The quantitative estimate of drug-likeness (QED) is 0.704. The molecule has 0 aromatic carbocycles. The van der Waals surface area contributed by atoms with E-state index in [4.69, 9.17) is 11.6 Å². The smallest absolute Gasteiger partial charge is 0.178 e. The van der Waals surface area contributed by atoms with E-state index in [1.165, 1.54) is 6.20 Å². The Morgan fingerprint density at radius 2 is 2.22 bits per heavy atom. The Balaban J connectivity index is 2.12. The Labute approximate surface area is 108 Å². The highest BCUT2D eigenvalue weighted by molar-refractivity contribution is 6.29. The van der Waals surface area contributed by atoms with Crippen LogP contribution in [0.3, 0.4) is 0 Å². The molecule has 3 rings (SSSR count). The van der Waals surface area contributed by atoms with Gasteiger partial charge < -0.3 is 0 Å². The summed E-state index contributed by atoms with van der Waals surface area (Å²) in [5, 5.41) is 12.6. The Kier molecular flexibility index (Phi) is 2.64. The van der Waals surface area contributed by atoms with E-state index >= 15 is 0 Å². The molecule has 0 saturated carbocycles. The van der Waals surface area contributed by atoms with Gasteiger partial charge in [0.15, 0.2) is 5.65 Å². The minimum absolute atomic E-state index is 0.0797. The second-order valence-corrected chi connectivity index (χ2v) is 4.20. The zero-order chi connectivity index (χ0) is 12.5. The SMILES string of the molecule is CC(c1cccnn1)n1ncc2ncc(Cl)nc21. The molecule has 7 heteroatoms. The lowest BCUT2D eigenvalue weighted by molar-refractivity contribution is 0.558. The molecule has 3 heterocycles. The van der Waals surface area contributed by atoms with Crippen LogP contribution in [0.5, 0.6) is 0 Å². The lowest BCUT2D eigenvalue weighted by Crippen LogP contribution is -2.11. The minimum atomic E-state index is -0.0797. The van der Waals surface area contributed by atoms with Gasteiger partial charge in [-0.05, 0) is 19.1 Å². The molecule has 0 bridgehead atoms. The third-order valence-electron chi connectivity index (χ3n) is 2.66. The van der Waals surface area contributed by atoms with Crippen molar-refractivity contribution in [2.75, 3.05) is 0 Å². The Hall–Kier alpha value is -2.08. The molecule has 0 N–H and O–H groups in total. The second kappa shape index (κ2) is 4.30. The number of hydrogen-bond donors (Lipinski definition) is 0. The molecular formula is C11H9ClN6. The fourth-order valence-corrected chi connectivity index (χ4v) is 1.87. The third-order valence-corrected chi connectivity index (χ3v) is 2.84. The van der Waals surface area contributed by atoms with Gasteiger partial charge in [-0.1, -0.05) is 11.6 Å². The predicted molar refractivity (Wildman–Crippen MR) is 66.2 cm³/mol. The molecular weight excluding hydrogens is 252 g/mol. The standard InChI is InChI=1S/C11H9ClN6/c1-7(8-3-2-4-14-17-8)18-11-9(5-15-18)13-6-10(12)16-11/h2-7H,1H3. The number of nitrogens with zero attached hydrogens (tertiary/aromatic N) is 6. The van der Waals surface area contributed by atoms with Crippen molar-refractivity contribution in [1.29, 1.82) is 0 Å². The summed E-state index contributed by atoms with van der Waals surface area (Å²) in [6, 6.07) is 3.65. The zero-order valence-electron chi connectivity index (χ0n) is 9.53. The van der Waals surface area contributed by atoms with Gasteiger partial charge in [0.1, 0.15) is 10.7 Å². The molecule has 0 saturated heterocycles. The summed E-state index contributed by atoms with van der Waals surface area (Å²) >= 11 is 5.86. The van der Waals surface area contributed by atoms with Crippen LogP contribution in [0.4, 0.5) is 0 Å². The molecule has 0 aliphatic rings. The average Bonchev–Trinajstić information content (AvgIpc) is 2.82. The molecule has 0 radical (unpaired) electrons. The first kappa shape index (κ1) is 11.0. The van der Waals surface area contributed by atoms with Crippen molar-refractivity contribution < 1.29 is 0 Å². The Morgan fingerprint density at radius 3 is 3.00 bits per heavy atom. The zero-order valence-corrected chi connectivity index (χ0v) is 10.3. The molecule has 0 spiro atoms. The predicted octanol–water partition coefficient (Wildman–Crippen LogP) is 1.88. The normalized spacial score (nSPS) is 12.8. The summed E-state index contributed by atoms with van der Waals surface area (Å²) in [4.78, 5) is 8.40. The van der Waals surface area contributed by atoms with Crippen molar-refractivity contribution in [2.24, 2.45) is 0 Å². The molecule has 0 aliphatic carbocycles. The van der Waals surface area contributed by atoms with Crippen LogP contribution >= 0.6 is 11.6 Å². The summed E-state index contributed by atoms with van der Waals surface area (Å²) in [6.45, 7) is 1.97. The van der Waals surface area contributed by atoms with Gasteiger partial charge in [-0.2, -0.15) is 15.3 Å². The molecule has 6 nitrogen and oxygen atoms in total. The molecule has 1 atom stereocenters. The third kappa shape index (κ3) is 1.80. The fraction of sp³-hybridized carbons (Fsp3) is 0.182. The van der Waals surface area contributed by atoms with E-state index in [1.54, 1.807) is 17.1 Å². The number of fused-ring (bicyclic) bond motifs is 1. The van der Waals surface area contributed by atoms with E-state index in [0.717, 1.165) is 5.69 Å². The highest BCUT2D eigenvalue weighted by Crippen LogP contribution is 2.19. The van der Waals surface area contributed by atoms with Crippen molar-refractivity contribution >= 4 is 22.8 Å². The van der Waals surface area contributed by atoms with Crippen LogP contribution in [-0.2, 0) is 0 Å². The first-order valence-electron chi connectivity index (χ1n) is 5.39. The van der Waals surface area contributed by atoms with Crippen LogP contribution in [0.25, 0.3) is 11.2 Å². The molecule has 0 aliphatic heterocycles. The first-order chi connectivity index (χ1) is 8.75. The van der Waals surface area contributed by atoms with Crippen LogP contribution < -0.4 is 0 Å². The summed E-state index contributed by atoms with van der Waals surface area (Å²) in [5.74, 6) is 0. The van der Waals surface area contributed by atoms with Gasteiger partial charge in [0, 0.05) is 6.20 Å². The number of hydrogen-bond acceptors (Lipinski definition) is 5. The summed E-state index contributed by atoms with van der Waals surface area (Å²) < 4.78 is 1.73. The number of rotatable bonds is 2. The molecule has 1 unspecified atom stereocenters. The Morgan fingerprint density at radius 1 is 1.33 bits per heavy atom. The van der Waals surface area contributed by atoms with Crippen molar-refractivity contribution in [3.63, 3.8) is 0 Å².